The molecule has 3 aromatic carbocycles. The molecule has 0 amide bonds. The van der Waals surface area contributed by atoms with E-state index in [1.54, 1.807) is 48.5 Å². The first kappa shape index (κ1) is 26.3. The fourth-order valence-corrected chi connectivity index (χ4v) is 4.78. The van der Waals surface area contributed by atoms with Crippen LogP contribution in [0.25, 0.3) is 0 Å². The Bertz CT molecular complexity index is 1420. The van der Waals surface area contributed by atoms with Crippen molar-refractivity contribution in [2.24, 2.45) is 0 Å². The van der Waals surface area contributed by atoms with Gasteiger partial charge >= 0.3 is 6.18 Å². The summed E-state index contributed by atoms with van der Waals surface area (Å²) in [5, 5.41) is 0.537. The summed E-state index contributed by atoms with van der Waals surface area (Å²) in [5.74, 6) is -0.347. The number of halogens is 4. The van der Waals surface area contributed by atoms with Crippen LogP contribution in [0.2, 0.25) is 5.02 Å². The van der Waals surface area contributed by atoms with Gasteiger partial charge in [-0.3, -0.25) is 4.31 Å². The summed E-state index contributed by atoms with van der Waals surface area (Å²) in [6, 6.07) is 24.2. The fourth-order valence-electron chi connectivity index (χ4n) is 3.29. The molecule has 6 nitrogen and oxygen atoms in total. The van der Waals surface area contributed by atoms with E-state index in [-0.39, 0.29) is 18.1 Å². The highest BCUT2D eigenvalue weighted by Crippen LogP contribution is 2.30. The van der Waals surface area contributed by atoms with Gasteiger partial charge in [0.15, 0.2) is 5.75 Å². The SMILES string of the molecule is O=S(=O)(CC(F)(F)F)N(Cc1ccc(Oc2ccc(Cl)cc2)nc1)c1ccc(Oc2ccccc2)cc1. The van der Waals surface area contributed by atoms with Crippen molar-refractivity contribution in [2.75, 3.05) is 10.1 Å². The highest BCUT2D eigenvalue weighted by atomic mass is 35.5. The lowest BCUT2D eigenvalue weighted by molar-refractivity contribution is -0.106. The number of anilines is 1. The van der Waals surface area contributed by atoms with E-state index in [0.29, 0.717) is 32.1 Å². The average molecular weight is 549 g/mol. The second-order valence-electron chi connectivity index (χ2n) is 7.85. The maximum atomic E-state index is 13.1. The van der Waals surface area contributed by atoms with Gasteiger partial charge in [0.25, 0.3) is 0 Å². The van der Waals surface area contributed by atoms with Crippen LogP contribution in [0, 0.1) is 0 Å². The zero-order valence-electron chi connectivity index (χ0n) is 19.1. The number of nitrogens with zero attached hydrogens (tertiary/aromatic N) is 2. The Labute approximate surface area is 216 Å². The molecule has 0 saturated carbocycles. The Kier molecular flexibility index (Phi) is 7.89. The minimum atomic E-state index is -4.91. The summed E-state index contributed by atoms with van der Waals surface area (Å²) in [7, 11) is -4.77. The lowest BCUT2D eigenvalue weighted by Gasteiger charge is -2.25. The van der Waals surface area contributed by atoms with Crippen LogP contribution in [0.4, 0.5) is 18.9 Å². The molecule has 192 valence electrons. The van der Waals surface area contributed by atoms with Crippen molar-refractivity contribution >= 4 is 27.3 Å². The average Bonchev–Trinajstić information content (AvgIpc) is 2.85. The molecule has 0 spiro atoms. The molecule has 0 N–H and O–H groups in total. The van der Waals surface area contributed by atoms with Crippen LogP contribution >= 0.6 is 11.6 Å². The van der Waals surface area contributed by atoms with Gasteiger partial charge in [0.1, 0.15) is 17.2 Å². The molecule has 0 fully saturated rings. The minimum Gasteiger partial charge on any atom is -0.457 e. The number of sulfonamides is 1. The third-order valence-corrected chi connectivity index (χ3v) is 6.90. The van der Waals surface area contributed by atoms with Gasteiger partial charge in [-0.25, -0.2) is 13.4 Å². The van der Waals surface area contributed by atoms with Crippen LogP contribution in [0.15, 0.2) is 97.2 Å². The molecule has 0 aliphatic carbocycles. The minimum absolute atomic E-state index is 0.0474. The van der Waals surface area contributed by atoms with Crippen molar-refractivity contribution in [3.63, 3.8) is 0 Å². The zero-order chi connectivity index (χ0) is 26.5. The van der Waals surface area contributed by atoms with Crippen LogP contribution in [0.3, 0.4) is 0 Å². The molecule has 0 aliphatic heterocycles. The molecular weight excluding hydrogens is 529 g/mol. The number of pyridine rings is 1. The summed E-state index contributed by atoms with van der Waals surface area (Å²) in [5.41, 5.74) is 0.407. The third kappa shape index (κ3) is 7.61. The van der Waals surface area contributed by atoms with E-state index >= 15 is 0 Å². The molecule has 0 radical (unpaired) electrons. The Morgan fingerprint density at radius 2 is 1.38 bits per heavy atom. The van der Waals surface area contributed by atoms with E-state index in [0.717, 1.165) is 0 Å². The molecule has 0 unspecified atom stereocenters. The second-order valence-corrected chi connectivity index (χ2v) is 10.2. The molecule has 0 saturated heterocycles. The van der Waals surface area contributed by atoms with Gasteiger partial charge in [-0.15, -0.1) is 0 Å². The first-order valence-corrected chi connectivity index (χ1v) is 12.8. The van der Waals surface area contributed by atoms with E-state index in [9.17, 15) is 21.6 Å². The standard InChI is InChI=1S/C26H20ClF3N2O4S/c27-20-7-11-24(12-8-20)36-25-15-6-19(16-31-25)17-32(37(33,34)18-26(28,29)30)21-9-13-23(14-10-21)35-22-4-2-1-3-5-22/h1-16H,17-18H2. The molecular formula is C26H20ClF3N2O4S. The monoisotopic (exact) mass is 548 g/mol. The van der Waals surface area contributed by atoms with Gasteiger partial charge in [-0.05, 0) is 66.2 Å². The lowest BCUT2D eigenvalue weighted by atomic mass is 10.2. The van der Waals surface area contributed by atoms with Gasteiger partial charge in [-0.1, -0.05) is 35.9 Å². The molecule has 37 heavy (non-hydrogen) atoms. The van der Waals surface area contributed by atoms with Crippen LogP contribution in [0.5, 0.6) is 23.1 Å². The van der Waals surface area contributed by atoms with Gasteiger partial charge < -0.3 is 9.47 Å². The molecule has 4 aromatic rings. The van der Waals surface area contributed by atoms with Crippen LogP contribution in [-0.2, 0) is 16.6 Å². The van der Waals surface area contributed by atoms with Crippen molar-refractivity contribution in [1.82, 2.24) is 4.98 Å². The normalized spacial score (nSPS) is 11.7. The van der Waals surface area contributed by atoms with Crippen molar-refractivity contribution in [3.8, 4) is 23.1 Å². The van der Waals surface area contributed by atoms with Crippen molar-refractivity contribution < 1.29 is 31.1 Å². The quantitative estimate of drug-likeness (QED) is 0.221. The molecule has 4 rings (SSSR count). The number of alkyl halides is 3. The summed E-state index contributed by atoms with van der Waals surface area (Å²) in [6.45, 7) is -0.370. The Hall–Kier alpha value is -3.76. The van der Waals surface area contributed by atoms with E-state index in [4.69, 9.17) is 21.1 Å². The Morgan fingerprint density at radius 3 is 1.97 bits per heavy atom. The molecule has 1 aromatic heterocycles. The van der Waals surface area contributed by atoms with E-state index < -0.39 is 22.0 Å². The fraction of sp³-hybridized carbons (Fsp3) is 0.115. The van der Waals surface area contributed by atoms with Crippen molar-refractivity contribution in [2.45, 2.75) is 12.7 Å². The van der Waals surface area contributed by atoms with Crippen molar-refractivity contribution in [3.05, 3.63) is 108 Å². The first-order chi connectivity index (χ1) is 17.6. The number of hydrogen-bond acceptors (Lipinski definition) is 5. The largest absolute Gasteiger partial charge is 0.457 e. The summed E-state index contributed by atoms with van der Waals surface area (Å²) in [4.78, 5) is 4.14. The summed E-state index contributed by atoms with van der Waals surface area (Å²) in [6.07, 6.45) is -3.57. The maximum absolute atomic E-state index is 13.1. The molecule has 1 heterocycles. The van der Waals surface area contributed by atoms with Gasteiger partial charge in [0.05, 0.1) is 12.2 Å². The second kappa shape index (κ2) is 11.1. The van der Waals surface area contributed by atoms with E-state index in [2.05, 4.69) is 4.98 Å². The summed E-state index contributed by atoms with van der Waals surface area (Å²) >= 11 is 5.85. The molecule has 0 bridgehead atoms. The number of aromatic nitrogens is 1. The van der Waals surface area contributed by atoms with Crippen LogP contribution < -0.4 is 13.8 Å². The number of hydrogen-bond donors (Lipinski definition) is 0. The topological polar surface area (TPSA) is 68.7 Å². The van der Waals surface area contributed by atoms with Crippen molar-refractivity contribution in [1.29, 1.82) is 0 Å². The third-order valence-electron chi connectivity index (χ3n) is 4.95. The van der Waals surface area contributed by atoms with Crippen LogP contribution in [0.1, 0.15) is 5.56 Å². The van der Waals surface area contributed by atoms with E-state index in [1.807, 2.05) is 6.07 Å². The number of rotatable bonds is 9. The highest BCUT2D eigenvalue weighted by molar-refractivity contribution is 7.92. The Balaban J connectivity index is 1.55. The van der Waals surface area contributed by atoms with Gasteiger partial charge in [-0.2, -0.15) is 13.2 Å². The molecule has 0 aliphatic rings. The maximum Gasteiger partial charge on any atom is 0.404 e. The van der Waals surface area contributed by atoms with Gasteiger partial charge in [0.2, 0.25) is 15.9 Å². The summed E-state index contributed by atoms with van der Waals surface area (Å²) < 4.78 is 76.8. The smallest absolute Gasteiger partial charge is 0.404 e. The predicted octanol–water partition coefficient (Wildman–Crippen LogP) is 7.22. The molecule has 11 heteroatoms. The number of benzene rings is 3. The van der Waals surface area contributed by atoms with Crippen LogP contribution in [-0.4, -0.2) is 25.3 Å². The zero-order valence-corrected chi connectivity index (χ0v) is 20.7. The van der Waals surface area contributed by atoms with Gasteiger partial charge in [0, 0.05) is 17.3 Å². The number of ether oxygens (including phenoxy) is 2. The lowest BCUT2D eigenvalue weighted by Crippen LogP contribution is -2.37. The molecule has 0 atom stereocenters. The Morgan fingerprint density at radius 1 is 0.784 bits per heavy atom. The predicted molar refractivity (Wildman–Crippen MR) is 135 cm³/mol. The highest BCUT2D eigenvalue weighted by Gasteiger charge is 2.38. The van der Waals surface area contributed by atoms with E-state index in [1.165, 1.54) is 42.6 Å². The number of para-hydroxylation sites is 1. The first-order valence-electron chi connectivity index (χ1n) is 10.9.